The number of rotatable bonds is 39. The van der Waals surface area contributed by atoms with Crippen LogP contribution in [0.3, 0.4) is 0 Å². The van der Waals surface area contributed by atoms with E-state index in [4.69, 9.17) is 19.1 Å². The smallest absolute Gasteiger partial charge is 0.462 e. The van der Waals surface area contributed by atoms with Gasteiger partial charge in [-0.2, -0.15) is 0 Å². The fraction of sp³-hybridized carbons (Fsp3) is 0.786. The topological polar surface area (TPSA) is 166 Å². The van der Waals surface area contributed by atoms with E-state index in [9.17, 15) is 28.9 Å². The van der Waals surface area contributed by atoms with Crippen molar-refractivity contribution in [2.24, 2.45) is 0 Å². The highest BCUT2D eigenvalue weighted by Crippen LogP contribution is 2.43. The van der Waals surface area contributed by atoms with Gasteiger partial charge in [-0.3, -0.25) is 23.4 Å². The van der Waals surface area contributed by atoms with Crippen LogP contribution in [-0.2, 0) is 37.5 Å². The lowest BCUT2D eigenvalue weighted by Crippen LogP contribution is -2.29. The molecule has 0 saturated heterocycles. The Kier molecular flexibility index (Phi) is 36.3. The summed E-state index contributed by atoms with van der Waals surface area (Å²) < 4.78 is 32.6. The van der Waals surface area contributed by atoms with E-state index in [2.05, 4.69) is 36.6 Å². The Bertz CT molecular complexity index is 1060. The number of hydrogen-bond acceptors (Lipinski definition) is 10. The van der Waals surface area contributed by atoms with Crippen LogP contribution in [-0.4, -0.2) is 71.5 Å². The Labute approximate surface area is 327 Å². The second kappa shape index (κ2) is 37.8. The van der Waals surface area contributed by atoms with Gasteiger partial charge in [-0.25, -0.2) is 4.57 Å². The normalized spacial score (nSPS) is 14.2. The van der Waals surface area contributed by atoms with Crippen LogP contribution in [0.4, 0.5) is 0 Å². The number of ether oxygens (including phenoxy) is 2. The van der Waals surface area contributed by atoms with Crippen molar-refractivity contribution < 1.29 is 52.6 Å². The molecule has 0 heterocycles. The van der Waals surface area contributed by atoms with Crippen molar-refractivity contribution in [2.75, 3.05) is 26.4 Å². The molecule has 0 radical (unpaired) electrons. The Morgan fingerprint density at radius 1 is 0.593 bits per heavy atom. The monoisotopic (exact) mass is 787 g/mol. The van der Waals surface area contributed by atoms with Crippen LogP contribution in [0.25, 0.3) is 0 Å². The van der Waals surface area contributed by atoms with E-state index in [-0.39, 0.29) is 25.2 Å². The lowest BCUT2D eigenvalue weighted by atomic mass is 10.1. The Balaban J connectivity index is 4.41. The van der Waals surface area contributed by atoms with Crippen molar-refractivity contribution >= 4 is 25.5 Å². The third-order valence-electron chi connectivity index (χ3n) is 8.74. The summed E-state index contributed by atoms with van der Waals surface area (Å²) in [5.41, 5.74) is 0. The minimum atomic E-state index is -4.64. The first-order valence-electron chi connectivity index (χ1n) is 20.9. The van der Waals surface area contributed by atoms with E-state index in [1.807, 2.05) is 6.08 Å². The SMILES string of the molecule is CCCCC/C=C\C=C\C(=O)CCCCCCCC(=O)OC[C@H](COP(=O)(O)OC[C@@H](O)CO)OC(=O)CCCCCCCCC/C=C\CCCCCC. The third kappa shape index (κ3) is 36.8. The van der Waals surface area contributed by atoms with Gasteiger partial charge in [0.25, 0.3) is 0 Å². The summed E-state index contributed by atoms with van der Waals surface area (Å²) in [6.07, 6.45) is 33.6. The molecular formula is C42H75O11P. The molecule has 0 saturated carbocycles. The number of ketones is 1. The van der Waals surface area contributed by atoms with Gasteiger partial charge >= 0.3 is 19.8 Å². The quantitative estimate of drug-likeness (QED) is 0.0136. The first-order chi connectivity index (χ1) is 26.1. The molecule has 0 aromatic rings. The molecule has 0 aliphatic heterocycles. The molecular weight excluding hydrogens is 711 g/mol. The van der Waals surface area contributed by atoms with Crippen molar-refractivity contribution in [3.63, 3.8) is 0 Å². The van der Waals surface area contributed by atoms with Gasteiger partial charge in [0.2, 0.25) is 0 Å². The molecule has 0 aromatic carbocycles. The van der Waals surface area contributed by atoms with Gasteiger partial charge in [0.15, 0.2) is 11.9 Å². The predicted octanol–water partition coefficient (Wildman–Crippen LogP) is 9.96. The molecule has 12 heteroatoms. The zero-order valence-corrected chi connectivity index (χ0v) is 34.6. The van der Waals surface area contributed by atoms with E-state index in [1.54, 1.807) is 12.2 Å². The molecule has 0 aliphatic carbocycles. The molecule has 0 aliphatic rings. The van der Waals surface area contributed by atoms with Gasteiger partial charge in [0.1, 0.15) is 12.7 Å². The molecule has 0 fully saturated rings. The Morgan fingerprint density at radius 2 is 1.07 bits per heavy atom. The predicted molar refractivity (Wildman–Crippen MR) is 215 cm³/mol. The Hall–Kier alpha value is -2.14. The molecule has 0 rings (SSSR count). The highest BCUT2D eigenvalue weighted by atomic mass is 31.2. The lowest BCUT2D eigenvalue weighted by Gasteiger charge is -2.20. The molecule has 0 amide bonds. The fourth-order valence-electron chi connectivity index (χ4n) is 5.44. The minimum absolute atomic E-state index is 0.107. The largest absolute Gasteiger partial charge is 0.472 e. The van der Waals surface area contributed by atoms with E-state index >= 15 is 0 Å². The van der Waals surface area contributed by atoms with Gasteiger partial charge in [-0.05, 0) is 63.9 Å². The van der Waals surface area contributed by atoms with Crippen LogP contribution in [0.2, 0.25) is 0 Å². The van der Waals surface area contributed by atoms with E-state index in [0.717, 1.165) is 64.2 Å². The molecule has 3 atom stereocenters. The average Bonchev–Trinajstić information content (AvgIpc) is 3.15. The van der Waals surface area contributed by atoms with E-state index in [0.29, 0.717) is 19.3 Å². The van der Waals surface area contributed by atoms with Gasteiger partial charge in [-0.15, -0.1) is 0 Å². The molecule has 0 bridgehead atoms. The van der Waals surface area contributed by atoms with Gasteiger partial charge in [0.05, 0.1) is 19.8 Å². The standard InChI is InChI=1S/C42H75O11P/c1-3-5-7-9-11-12-13-14-15-16-17-18-20-24-29-33-42(47)53-40(37-52-54(48,49)51-35-39(45)34-43)36-50-41(46)32-28-25-21-23-27-31-38(44)30-26-22-19-10-8-6-4-2/h12-13,19,22,26,30,39-40,43,45H,3-11,14-18,20-21,23-25,27-29,31-37H2,1-2H3,(H,48,49)/b13-12-,22-19-,30-26+/t39-,40+/m0/s1. The van der Waals surface area contributed by atoms with E-state index in [1.165, 1.54) is 64.2 Å². The van der Waals surface area contributed by atoms with Crippen molar-refractivity contribution in [3.8, 4) is 0 Å². The zero-order valence-electron chi connectivity index (χ0n) is 33.7. The number of phosphoric ester groups is 1. The number of allylic oxidation sites excluding steroid dienone is 6. The van der Waals surface area contributed by atoms with E-state index < -0.39 is 51.8 Å². The molecule has 1 unspecified atom stereocenters. The number of aliphatic hydroxyl groups is 2. The Morgan fingerprint density at radius 3 is 1.69 bits per heavy atom. The number of phosphoric acid groups is 1. The minimum Gasteiger partial charge on any atom is -0.462 e. The number of hydrogen-bond donors (Lipinski definition) is 3. The summed E-state index contributed by atoms with van der Waals surface area (Å²) in [4.78, 5) is 46.9. The van der Waals surface area contributed by atoms with Crippen LogP contribution < -0.4 is 0 Å². The first-order valence-corrected chi connectivity index (χ1v) is 22.4. The van der Waals surface area contributed by atoms with Crippen LogP contribution in [0.5, 0.6) is 0 Å². The summed E-state index contributed by atoms with van der Waals surface area (Å²) in [6, 6.07) is 0. The molecule has 11 nitrogen and oxygen atoms in total. The van der Waals surface area contributed by atoms with Gasteiger partial charge in [-0.1, -0.05) is 128 Å². The van der Waals surface area contributed by atoms with Gasteiger partial charge in [0, 0.05) is 19.3 Å². The molecule has 0 aromatic heterocycles. The molecule has 0 spiro atoms. The number of carbonyl (C=O) groups excluding carboxylic acids is 3. The van der Waals surface area contributed by atoms with Crippen LogP contribution in [0.15, 0.2) is 36.5 Å². The van der Waals surface area contributed by atoms with Crippen LogP contribution >= 0.6 is 7.82 Å². The fourth-order valence-corrected chi connectivity index (χ4v) is 6.23. The first kappa shape index (κ1) is 51.9. The highest BCUT2D eigenvalue weighted by Gasteiger charge is 2.27. The van der Waals surface area contributed by atoms with Crippen molar-refractivity contribution in [2.45, 2.75) is 187 Å². The maximum atomic E-state index is 12.6. The summed E-state index contributed by atoms with van der Waals surface area (Å²) in [6.45, 7) is 2.17. The maximum Gasteiger partial charge on any atom is 0.472 e. The maximum absolute atomic E-state index is 12.6. The van der Waals surface area contributed by atoms with Crippen LogP contribution in [0, 0.1) is 0 Å². The summed E-state index contributed by atoms with van der Waals surface area (Å²) in [5, 5.41) is 18.3. The average molecular weight is 787 g/mol. The number of carbonyl (C=O) groups is 3. The highest BCUT2D eigenvalue weighted by molar-refractivity contribution is 7.47. The van der Waals surface area contributed by atoms with Crippen molar-refractivity contribution in [3.05, 3.63) is 36.5 Å². The zero-order chi connectivity index (χ0) is 40.0. The number of esters is 2. The van der Waals surface area contributed by atoms with Gasteiger partial charge < -0.3 is 24.6 Å². The number of aliphatic hydroxyl groups excluding tert-OH is 2. The second-order valence-electron chi connectivity index (χ2n) is 14.0. The third-order valence-corrected chi connectivity index (χ3v) is 9.69. The lowest BCUT2D eigenvalue weighted by molar-refractivity contribution is -0.161. The molecule has 314 valence electrons. The van der Waals surface area contributed by atoms with Crippen LogP contribution in [0.1, 0.15) is 174 Å². The number of unbranched alkanes of at least 4 members (excludes halogenated alkanes) is 18. The van der Waals surface area contributed by atoms with Crippen molar-refractivity contribution in [1.29, 1.82) is 0 Å². The summed E-state index contributed by atoms with van der Waals surface area (Å²) >= 11 is 0. The molecule has 3 N–H and O–H groups in total. The van der Waals surface area contributed by atoms with Crippen molar-refractivity contribution in [1.82, 2.24) is 0 Å². The summed E-state index contributed by atoms with van der Waals surface area (Å²) in [7, 11) is -4.64. The summed E-state index contributed by atoms with van der Waals surface area (Å²) in [5.74, 6) is -0.915. The molecule has 54 heavy (non-hydrogen) atoms. The second-order valence-corrected chi connectivity index (χ2v) is 15.5.